The van der Waals surface area contributed by atoms with Crippen molar-refractivity contribution in [2.24, 2.45) is 34.5 Å². The van der Waals surface area contributed by atoms with Gasteiger partial charge in [0.2, 0.25) is 0 Å². The number of aliphatic hydroxyl groups excluding tert-OH is 5. The van der Waals surface area contributed by atoms with Crippen LogP contribution in [0.5, 0.6) is 0 Å². The topological polar surface area (TPSA) is 203 Å². The number of rotatable bonds is 7. The maximum atomic E-state index is 12.6. The number of carbonyl (C=O) groups excluding carboxylic acids is 1. The average Bonchev–Trinajstić information content (AvgIpc) is 3.62. The standard InChI is InChI=1S/C41H64O14/c1-19-36(47)27(42)14-33(50-19)54-38-21(3)52-34(16-29(38)44)55-37-20(2)51-32(15-28(37)43)53-24-8-10-39(4)23(13-24)6-7-26-25(39)9-11-40(5)35(22-12-31(46)49-18-22)30(45)17-41(26,40)48/h12,19-21,23-30,32-38,42-45,47-48H,6-11,13-18H2,1-5H3/t19-,20+,21+,23+,24-,25-,26+,27+,28+,29+,30-,32-,33+,34-,35-,36+,37-,38-,39-,40+,41-/m0/s1. The van der Waals surface area contributed by atoms with E-state index in [4.69, 9.17) is 33.2 Å². The second-order valence-corrected chi connectivity index (χ2v) is 18.9. The summed E-state index contributed by atoms with van der Waals surface area (Å²) in [4.78, 5) is 12.0. The first kappa shape index (κ1) is 40.5. The first-order valence-corrected chi connectivity index (χ1v) is 20.9. The molecule has 4 saturated carbocycles. The first-order chi connectivity index (χ1) is 26.0. The molecule has 0 bridgehead atoms. The van der Waals surface area contributed by atoms with Crippen LogP contribution in [0.2, 0.25) is 0 Å². The van der Waals surface area contributed by atoms with Gasteiger partial charge in [0.05, 0.1) is 54.4 Å². The molecule has 0 radical (unpaired) electrons. The maximum absolute atomic E-state index is 12.6. The fraction of sp³-hybridized carbons (Fsp3) is 0.927. The first-order valence-electron chi connectivity index (χ1n) is 20.9. The smallest absolute Gasteiger partial charge is 0.331 e. The average molecular weight is 781 g/mol. The molecule has 3 saturated heterocycles. The Hall–Kier alpha value is -1.27. The molecule has 0 amide bonds. The molecule has 8 rings (SSSR count). The molecular formula is C41H64O14. The van der Waals surface area contributed by atoms with Crippen LogP contribution in [-0.2, 0) is 38.0 Å². The number of cyclic esters (lactones) is 1. The van der Waals surface area contributed by atoms with E-state index in [2.05, 4.69) is 13.8 Å². The van der Waals surface area contributed by atoms with E-state index in [1.54, 1.807) is 13.8 Å². The number of esters is 1. The van der Waals surface area contributed by atoms with Crippen LogP contribution < -0.4 is 0 Å². The summed E-state index contributed by atoms with van der Waals surface area (Å²) in [6.07, 6.45) is -1.26. The molecule has 0 aromatic rings. The predicted molar refractivity (Wildman–Crippen MR) is 193 cm³/mol. The largest absolute Gasteiger partial charge is 0.458 e. The van der Waals surface area contributed by atoms with Crippen LogP contribution in [0, 0.1) is 34.5 Å². The van der Waals surface area contributed by atoms with Gasteiger partial charge in [0, 0.05) is 43.1 Å². The van der Waals surface area contributed by atoms with Crippen molar-refractivity contribution < 1.29 is 68.6 Å². The van der Waals surface area contributed by atoms with E-state index < -0.39 is 90.9 Å². The van der Waals surface area contributed by atoms with Crippen molar-refractivity contribution in [3.63, 3.8) is 0 Å². The fourth-order valence-corrected chi connectivity index (χ4v) is 12.9. The maximum Gasteiger partial charge on any atom is 0.331 e. The molecule has 0 spiro atoms. The summed E-state index contributed by atoms with van der Waals surface area (Å²) in [7, 11) is 0. The van der Waals surface area contributed by atoms with Gasteiger partial charge in [-0.1, -0.05) is 13.8 Å². The molecule has 55 heavy (non-hydrogen) atoms. The molecule has 7 fully saturated rings. The molecule has 0 unspecified atom stereocenters. The molecule has 8 aliphatic rings. The Kier molecular flexibility index (Phi) is 11.1. The monoisotopic (exact) mass is 780 g/mol. The molecule has 14 nitrogen and oxygen atoms in total. The van der Waals surface area contributed by atoms with E-state index in [-0.39, 0.29) is 55.2 Å². The summed E-state index contributed by atoms with van der Waals surface area (Å²) >= 11 is 0. The summed E-state index contributed by atoms with van der Waals surface area (Å²) in [6, 6.07) is 0. The number of aliphatic hydroxyl groups is 6. The van der Waals surface area contributed by atoms with Crippen molar-refractivity contribution in [1.29, 1.82) is 0 Å². The number of ether oxygens (including phenoxy) is 7. The molecule has 312 valence electrons. The lowest BCUT2D eigenvalue weighted by Gasteiger charge is -2.63. The van der Waals surface area contributed by atoms with Gasteiger partial charge in [0.1, 0.15) is 24.9 Å². The number of hydrogen-bond donors (Lipinski definition) is 6. The fourth-order valence-electron chi connectivity index (χ4n) is 12.9. The Morgan fingerprint density at radius 1 is 0.691 bits per heavy atom. The van der Waals surface area contributed by atoms with Gasteiger partial charge in [0.25, 0.3) is 0 Å². The third-order valence-corrected chi connectivity index (χ3v) is 15.8. The zero-order valence-corrected chi connectivity index (χ0v) is 32.9. The molecule has 14 heteroatoms. The number of carbonyl (C=O) groups is 1. The zero-order valence-electron chi connectivity index (χ0n) is 32.9. The molecular weight excluding hydrogens is 716 g/mol. The molecule has 4 aliphatic carbocycles. The van der Waals surface area contributed by atoms with Gasteiger partial charge in [-0.05, 0) is 94.5 Å². The normalized spacial score (nSPS) is 55.5. The lowest BCUT2D eigenvalue weighted by Crippen LogP contribution is -2.62. The molecule has 6 N–H and O–H groups in total. The van der Waals surface area contributed by atoms with Crippen LogP contribution in [-0.4, -0.2) is 135 Å². The SMILES string of the molecule is C[C@@H]1O[C@H](O[C@@H]2[C@H](O)C[C@H](O[C@@H]3[C@H](O)C[C@H](O[C@H]4CC[C@@]5(C)[C@H](CC[C@@H]6[C@@H]5CC[C@]5(C)[C@@H](C7=CC(=O)OC7)[C@@H](O)C[C@]65O)C4)O[C@@H]3C)O[C@@H]2C)C[C@@H](O)[C@@H]1O. The van der Waals surface area contributed by atoms with Crippen LogP contribution in [0.3, 0.4) is 0 Å². The second kappa shape index (κ2) is 15.1. The Bertz CT molecular complexity index is 1410. The Balaban J connectivity index is 0.834. The highest BCUT2D eigenvalue weighted by Gasteiger charge is 2.70. The Morgan fingerprint density at radius 3 is 1.87 bits per heavy atom. The van der Waals surface area contributed by atoms with Gasteiger partial charge in [-0.25, -0.2) is 4.79 Å². The molecule has 4 heterocycles. The minimum atomic E-state index is -1.01. The quantitative estimate of drug-likeness (QED) is 0.162. The number of fused-ring (bicyclic) bond motifs is 5. The predicted octanol–water partition coefficient (Wildman–Crippen LogP) is 2.22. The van der Waals surface area contributed by atoms with Crippen molar-refractivity contribution in [3.8, 4) is 0 Å². The summed E-state index contributed by atoms with van der Waals surface area (Å²) in [5.41, 5.74) is -0.686. The zero-order chi connectivity index (χ0) is 39.2. The molecule has 0 aromatic heterocycles. The minimum Gasteiger partial charge on any atom is -0.458 e. The van der Waals surface area contributed by atoms with Crippen LogP contribution in [0.4, 0.5) is 0 Å². The van der Waals surface area contributed by atoms with Crippen molar-refractivity contribution in [1.82, 2.24) is 0 Å². The Labute approximate surface area is 323 Å². The summed E-state index contributed by atoms with van der Waals surface area (Å²) < 4.78 is 42.1. The van der Waals surface area contributed by atoms with E-state index in [0.717, 1.165) is 50.5 Å². The highest BCUT2D eigenvalue weighted by atomic mass is 16.7. The lowest BCUT2D eigenvalue weighted by molar-refractivity contribution is -0.336. The van der Waals surface area contributed by atoms with Gasteiger partial charge in [-0.15, -0.1) is 0 Å². The van der Waals surface area contributed by atoms with Gasteiger partial charge in [-0.3, -0.25) is 0 Å². The van der Waals surface area contributed by atoms with Gasteiger partial charge >= 0.3 is 5.97 Å². The number of hydrogen-bond acceptors (Lipinski definition) is 14. The van der Waals surface area contributed by atoms with Crippen LogP contribution >= 0.6 is 0 Å². The molecule has 0 aromatic carbocycles. The minimum absolute atomic E-state index is 0.0203. The third-order valence-electron chi connectivity index (χ3n) is 15.8. The van der Waals surface area contributed by atoms with E-state index in [1.807, 2.05) is 6.92 Å². The van der Waals surface area contributed by atoms with Gasteiger partial charge in [0.15, 0.2) is 18.9 Å². The van der Waals surface area contributed by atoms with Gasteiger partial charge in [-0.2, -0.15) is 0 Å². The van der Waals surface area contributed by atoms with Crippen molar-refractivity contribution in [3.05, 3.63) is 11.6 Å². The second-order valence-electron chi connectivity index (χ2n) is 18.9. The molecule has 4 aliphatic heterocycles. The third kappa shape index (κ3) is 7.05. The molecule has 21 atom stereocenters. The van der Waals surface area contributed by atoms with Crippen LogP contribution in [0.15, 0.2) is 11.6 Å². The van der Waals surface area contributed by atoms with Crippen LogP contribution in [0.1, 0.15) is 105 Å². The summed E-state index contributed by atoms with van der Waals surface area (Å²) in [6.45, 7) is 9.98. The van der Waals surface area contributed by atoms with E-state index >= 15 is 0 Å². The highest BCUT2D eigenvalue weighted by molar-refractivity contribution is 5.85. The van der Waals surface area contributed by atoms with E-state index in [9.17, 15) is 35.4 Å². The van der Waals surface area contributed by atoms with Crippen molar-refractivity contribution in [2.45, 2.75) is 197 Å². The lowest BCUT2D eigenvalue weighted by atomic mass is 9.43. The van der Waals surface area contributed by atoms with Crippen LogP contribution in [0.25, 0.3) is 0 Å². The van der Waals surface area contributed by atoms with Gasteiger partial charge < -0.3 is 63.8 Å². The highest BCUT2D eigenvalue weighted by Crippen LogP contribution is 2.70. The van der Waals surface area contributed by atoms with Crippen molar-refractivity contribution >= 4 is 5.97 Å². The summed E-state index contributed by atoms with van der Waals surface area (Å²) in [5.74, 6) is 0.174. The van der Waals surface area contributed by atoms with E-state index in [0.29, 0.717) is 18.3 Å². The van der Waals surface area contributed by atoms with E-state index in [1.165, 1.54) is 6.08 Å². The van der Waals surface area contributed by atoms with Crippen molar-refractivity contribution in [2.75, 3.05) is 6.61 Å². The Morgan fingerprint density at radius 2 is 1.29 bits per heavy atom. The summed E-state index contributed by atoms with van der Waals surface area (Å²) in [5, 5.41) is 66.3.